The van der Waals surface area contributed by atoms with Crippen LogP contribution >= 0.6 is 0 Å². The zero-order valence-corrected chi connectivity index (χ0v) is 15.1. The van der Waals surface area contributed by atoms with E-state index in [2.05, 4.69) is 12.2 Å². The second kappa shape index (κ2) is 8.44. The molecule has 1 fully saturated rings. The molecular weight excluding hydrogens is 344 g/mol. The molecule has 1 amide bonds. The zero-order chi connectivity index (χ0) is 18.4. The van der Waals surface area contributed by atoms with Gasteiger partial charge >= 0.3 is 5.97 Å². The first kappa shape index (κ1) is 19.4. The number of nitrogens with zero attached hydrogens (tertiary/aromatic N) is 1. The molecule has 1 aromatic carbocycles. The highest BCUT2D eigenvalue weighted by Gasteiger charge is 2.32. The Morgan fingerprint density at radius 3 is 2.32 bits per heavy atom. The van der Waals surface area contributed by atoms with Gasteiger partial charge in [-0.3, -0.25) is 4.79 Å². The number of amides is 1. The van der Waals surface area contributed by atoms with Crippen molar-refractivity contribution < 1.29 is 23.1 Å². The summed E-state index contributed by atoms with van der Waals surface area (Å²) >= 11 is 0. The fourth-order valence-electron chi connectivity index (χ4n) is 2.81. The summed E-state index contributed by atoms with van der Waals surface area (Å²) in [5.41, 5.74) is 0.0430. The fourth-order valence-corrected chi connectivity index (χ4v) is 4.28. The third kappa shape index (κ3) is 4.79. The number of aromatic carboxylic acids is 1. The van der Waals surface area contributed by atoms with Gasteiger partial charge in [-0.15, -0.1) is 0 Å². The Labute approximate surface area is 148 Å². The smallest absolute Gasteiger partial charge is 0.335 e. The minimum absolute atomic E-state index is 0.00342. The van der Waals surface area contributed by atoms with Crippen LogP contribution in [0.4, 0.5) is 0 Å². The highest BCUT2D eigenvalue weighted by atomic mass is 32.2. The van der Waals surface area contributed by atoms with Crippen LogP contribution in [0.5, 0.6) is 0 Å². The summed E-state index contributed by atoms with van der Waals surface area (Å²) in [6, 6.07) is 5.18. The maximum absolute atomic E-state index is 12.6. The number of rotatable bonds is 7. The van der Waals surface area contributed by atoms with E-state index in [0.717, 1.165) is 12.8 Å². The number of carbonyl (C=O) groups excluding carboxylic acids is 1. The Bertz CT molecular complexity index is 707. The van der Waals surface area contributed by atoms with Crippen molar-refractivity contribution in [3.8, 4) is 0 Å². The lowest BCUT2D eigenvalue weighted by Crippen LogP contribution is -2.43. The van der Waals surface area contributed by atoms with Crippen molar-refractivity contribution in [2.45, 2.75) is 37.5 Å². The number of hydrogen-bond acceptors (Lipinski definition) is 4. The number of unbranched alkanes of at least 4 members (excludes halogenated alkanes) is 1. The number of benzene rings is 1. The van der Waals surface area contributed by atoms with E-state index >= 15 is 0 Å². The van der Waals surface area contributed by atoms with Crippen LogP contribution in [0.15, 0.2) is 29.2 Å². The van der Waals surface area contributed by atoms with Gasteiger partial charge in [-0.1, -0.05) is 13.3 Å². The normalized spacial score (nSPS) is 16.5. The molecule has 1 saturated heterocycles. The van der Waals surface area contributed by atoms with Crippen molar-refractivity contribution in [3.05, 3.63) is 29.8 Å². The lowest BCUT2D eigenvalue weighted by Gasteiger charge is -2.30. The number of carboxylic acids is 1. The molecule has 1 aliphatic heterocycles. The third-order valence-electron chi connectivity index (χ3n) is 4.39. The fraction of sp³-hybridized carbons (Fsp3) is 0.529. The molecule has 0 atom stereocenters. The zero-order valence-electron chi connectivity index (χ0n) is 14.3. The summed E-state index contributed by atoms with van der Waals surface area (Å²) in [5.74, 6) is -1.26. The molecule has 0 aromatic heterocycles. The van der Waals surface area contributed by atoms with E-state index in [1.54, 1.807) is 0 Å². The van der Waals surface area contributed by atoms with Crippen LogP contribution in [-0.4, -0.2) is 49.3 Å². The molecule has 0 bridgehead atoms. The van der Waals surface area contributed by atoms with Gasteiger partial charge in [0.25, 0.3) is 0 Å². The third-order valence-corrected chi connectivity index (χ3v) is 6.31. The number of piperidine rings is 1. The van der Waals surface area contributed by atoms with E-state index in [1.165, 1.54) is 28.6 Å². The van der Waals surface area contributed by atoms with Crippen molar-refractivity contribution in [2.75, 3.05) is 19.6 Å². The van der Waals surface area contributed by atoms with Gasteiger partial charge in [-0.05, 0) is 43.5 Å². The van der Waals surface area contributed by atoms with Crippen molar-refractivity contribution in [1.82, 2.24) is 9.62 Å². The van der Waals surface area contributed by atoms with Gasteiger partial charge in [0.15, 0.2) is 0 Å². The van der Waals surface area contributed by atoms with Crippen molar-refractivity contribution >= 4 is 21.9 Å². The molecule has 1 aromatic rings. The van der Waals surface area contributed by atoms with E-state index in [9.17, 15) is 18.0 Å². The predicted octanol–water partition coefficient (Wildman–Crippen LogP) is 1.70. The number of hydrogen-bond donors (Lipinski definition) is 2. The van der Waals surface area contributed by atoms with Gasteiger partial charge in [-0.25, -0.2) is 13.2 Å². The summed E-state index contributed by atoms with van der Waals surface area (Å²) < 4.78 is 26.6. The molecule has 1 heterocycles. The van der Waals surface area contributed by atoms with Crippen molar-refractivity contribution in [1.29, 1.82) is 0 Å². The van der Waals surface area contributed by atoms with Crippen LogP contribution < -0.4 is 5.32 Å². The molecule has 0 aliphatic carbocycles. The molecule has 7 nitrogen and oxygen atoms in total. The van der Waals surface area contributed by atoms with Gasteiger partial charge in [0, 0.05) is 25.6 Å². The lowest BCUT2D eigenvalue weighted by molar-refractivity contribution is -0.126. The molecule has 2 N–H and O–H groups in total. The van der Waals surface area contributed by atoms with Crippen LogP contribution in [0.2, 0.25) is 0 Å². The van der Waals surface area contributed by atoms with E-state index in [1.807, 2.05) is 0 Å². The number of nitrogens with one attached hydrogen (secondary N) is 1. The Balaban J connectivity index is 1.96. The van der Waals surface area contributed by atoms with Gasteiger partial charge in [-0.2, -0.15) is 4.31 Å². The topological polar surface area (TPSA) is 104 Å². The van der Waals surface area contributed by atoms with E-state index in [0.29, 0.717) is 19.4 Å². The second-order valence-corrected chi connectivity index (χ2v) is 8.09. The average Bonchev–Trinajstić information content (AvgIpc) is 2.62. The standard InChI is InChI=1S/C17H24N2O5S/c1-2-3-10-18-16(20)13-8-11-19(12-9-13)25(23,24)15-6-4-14(5-7-15)17(21)22/h4-7,13H,2-3,8-12H2,1H3,(H,18,20)(H,21,22). The van der Waals surface area contributed by atoms with Gasteiger partial charge < -0.3 is 10.4 Å². The maximum Gasteiger partial charge on any atom is 0.335 e. The largest absolute Gasteiger partial charge is 0.478 e. The first-order chi connectivity index (χ1) is 11.9. The summed E-state index contributed by atoms with van der Waals surface area (Å²) in [4.78, 5) is 23.0. The van der Waals surface area contributed by atoms with Crippen LogP contribution in [-0.2, 0) is 14.8 Å². The summed E-state index contributed by atoms with van der Waals surface area (Å²) in [7, 11) is -3.67. The van der Waals surface area contributed by atoms with Crippen LogP contribution in [0, 0.1) is 5.92 Å². The van der Waals surface area contributed by atoms with Crippen LogP contribution in [0.1, 0.15) is 43.0 Å². The molecule has 2 rings (SSSR count). The van der Waals surface area contributed by atoms with E-state index in [-0.39, 0.29) is 35.4 Å². The van der Waals surface area contributed by atoms with Gasteiger partial charge in [0.05, 0.1) is 10.5 Å². The highest BCUT2D eigenvalue weighted by Crippen LogP contribution is 2.24. The molecule has 0 unspecified atom stereocenters. The molecular formula is C17H24N2O5S. The van der Waals surface area contributed by atoms with Crippen LogP contribution in [0.25, 0.3) is 0 Å². The Kier molecular flexibility index (Phi) is 6.55. The Morgan fingerprint density at radius 1 is 1.20 bits per heavy atom. The molecule has 25 heavy (non-hydrogen) atoms. The molecule has 0 spiro atoms. The first-order valence-corrected chi connectivity index (χ1v) is 9.91. The molecule has 0 radical (unpaired) electrons. The highest BCUT2D eigenvalue weighted by molar-refractivity contribution is 7.89. The van der Waals surface area contributed by atoms with Gasteiger partial charge in [0.1, 0.15) is 0 Å². The average molecular weight is 368 g/mol. The number of sulfonamides is 1. The summed E-state index contributed by atoms with van der Waals surface area (Å²) in [5, 5.41) is 11.8. The quantitative estimate of drug-likeness (QED) is 0.713. The minimum Gasteiger partial charge on any atom is -0.478 e. The van der Waals surface area contributed by atoms with E-state index in [4.69, 9.17) is 5.11 Å². The molecule has 8 heteroatoms. The van der Waals surface area contributed by atoms with Crippen LogP contribution in [0.3, 0.4) is 0 Å². The Morgan fingerprint density at radius 2 is 1.80 bits per heavy atom. The predicted molar refractivity (Wildman–Crippen MR) is 92.8 cm³/mol. The first-order valence-electron chi connectivity index (χ1n) is 8.47. The second-order valence-electron chi connectivity index (χ2n) is 6.15. The summed E-state index contributed by atoms with van der Waals surface area (Å²) in [6.45, 7) is 3.28. The SMILES string of the molecule is CCCCNC(=O)C1CCN(S(=O)(=O)c2ccc(C(=O)O)cc2)CC1. The lowest BCUT2D eigenvalue weighted by atomic mass is 9.97. The van der Waals surface area contributed by atoms with Crippen molar-refractivity contribution in [2.24, 2.45) is 5.92 Å². The van der Waals surface area contributed by atoms with Gasteiger partial charge in [0.2, 0.25) is 15.9 Å². The Hall–Kier alpha value is -1.93. The number of carboxylic acid groups (broad SMARTS) is 1. The van der Waals surface area contributed by atoms with Crippen molar-refractivity contribution in [3.63, 3.8) is 0 Å². The molecule has 1 aliphatic rings. The molecule has 138 valence electrons. The van der Waals surface area contributed by atoms with E-state index < -0.39 is 16.0 Å². The minimum atomic E-state index is -3.67. The maximum atomic E-state index is 12.6. The molecule has 0 saturated carbocycles. The summed E-state index contributed by atoms with van der Waals surface area (Å²) in [6.07, 6.45) is 2.93. The number of carbonyl (C=O) groups is 2. The monoisotopic (exact) mass is 368 g/mol.